The molecule has 0 saturated carbocycles. The van der Waals surface area contributed by atoms with Crippen LogP contribution in [0.4, 0.5) is 5.69 Å². The highest BCUT2D eigenvalue weighted by molar-refractivity contribution is 5.48. The molecule has 1 heterocycles. The molecule has 3 N–H and O–H groups in total. The molecule has 1 saturated heterocycles. The predicted molar refractivity (Wildman–Crippen MR) is 64.1 cm³/mol. The van der Waals surface area contributed by atoms with Gasteiger partial charge in [-0.3, -0.25) is 0 Å². The molecule has 3 nitrogen and oxygen atoms in total. The zero-order valence-corrected chi connectivity index (χ0v) is 9.24. The van der Waals surface area contributed by atoms with Crippen molar-refractivity contribution in [1.29, 1.82) is 0 Å². The molecule has 1 atom stereocenters. The van der Waals surface area contributed by atoms with Crippen LogP contribution in [-0.2, 0) is 0 Å². The van der Waals surface area contributed by atoms with Crippen LogP contribution >= 0.6 is 0 Å². The van der Waals surface area contributed by atoms with E-state index in [1.807, 2.05) is 6.92 Å². The molecule has 1 aromatic rings. The Morgan fingerprint density at radius 1 is 1.20 bits per heavy atom. The van der Waals surface area contributed by atoms with Crippen LogP contribution in [0.5, 0.6) is 0 Å². The molecule has 0 aliphatic carbocycles. The topological polar surface area (TPSA) is 41.3 Å². The number of nitrogens with two attached hydrogens (primary N) is 1. The van der Waals surface area contributed by atoms with Gasteiger partial charge >= 0.3 is 0 Å². The van der Waals surface area contributed by atoms with E-state index in [-0.39, 0.29) is 6.04 Å². The minimum absolute atomic E-state index is 0.127. The van der Waals surface area contributed by atoms with Crippen LogP contribution in [0.25, 0.3) is 0 Å². The second-order valence-corrected chi connectivity index (χ2v) is 4.12. The summed E-state index contributed by atoms with van der Waals surface area (Å²) in [5.74, 6) is 0. The highest BCUT2D eigenvalue weighted by Gasteiger charge is 2.10. The Morgan fingerprint density at radius 3 is 2.33 bits per heavy atom. The normalized spacial score (nSPS) is 18.9. The molecule has 1 aromatic carbocycles. The smallest absolute Gasteiger partial charge is 0.0367 e. The third-order valence-electron chi connectivity index (χ3n) is 2.90. The van der Waals surface area contributed by atoms with Crippen LogP contribution < -0.4 is 16.0 Å². The number of benzene rings is 1. The van der Waals surface area contributed by atoms with Gasteiger partial charge < -0.3 is 16.0 Å². The van der Waals surface area contributed by atoms with Gasteiger partial charge in [-0.15, -0.1) is 0 Å². The molecule has 0 bridgehead atoms. The highest BCUT2D eigenvalue weighted by atomic mass is 15.2. The zero-order valence-electron chi connectivity index (χ0n) is 9.24. The maximum atomic E-state index is 5.82. The fourth-order valence-electron chi connectivity index (χ4n) is 1.91. The van der Waals surface area contributed by atoms with E-state index < -0.39 is 0 Å². The molecule has 15 heavy (non-hydrogen) atoms. The van der Waals surface area contributed by atoms with Crippen LogP contribution in [0.1, 0.15) is 18.5 Å². The monoisotopic (exact) mass is 205 g/mol. The number of hydrogen-bond donors (Lipinski definition) is 2. The van der Waals surface area contributed by atoms with Gasteiger partial charge in [-0.05, 0) is 24.6 Å². The fraction of sp³-hybridized carbons (Fsp3) is 0.500. The lowest BCUT2D eigenvalue weighted by atomic mass is 10.1. The molecule has 0 spiro atoms. The van der Waals surface area contributed by atoms with Crippen molar-refractivity contribution < 1.29 is 0 Å². The lowest BCUT2D eigenvalue weighted by Gasteiger charge is -2.29. The number of piperazine rings is 1. The van der Waals surface area contributed by atoms with Gasteiger partial charge in [0, 0.05) is 37.9 Å². The molecule has 3 heteroatoms. The summed E-state index contributed by atoms with van der Waals surface area (Å²) in [5, 5.41) is 3.35. The van der Waals surface area contributed by atoms with Crippen molar-refractivity contribution in [2.45, 2.75) is 13.0 Å². The molecular weight excluding hydrogens is 186 g/mol. The number of nitrogens with one attached hydrogen (secondary N) is 1. The third kappa shape index (κ3) is 2.49. The molecule has 1 fully saturated rings. The summed E-state index contributed by atoms with van der Waals surface area (Å²) < 4.78 is 0. The number of rotatable bonds is 2. The van der Waals surface area contributed by atoms with Crippen LogP contribution in [-0.4, -0.2) is 26.2 Å². The van der Waals surface area contributed by atoms with Crippen molar-refractivity contribution in [3.8, 4) is 0 Å². The van der Waals surface area contributed by atoms with E-state index in [1.165, 1.54) is 11.3 Å². The Labute approximate surface area is 91.3 Å². The van der Waals surface area contributed by atoms with E-state index in [9.17, 15) is 0 Å². The Hall–Kier alpha value is -1.06. The summed E-state index contributed by atoms with van der Waals surface area (Å²) in [6.07, 6.45) is 0. The van der Waals surface area contributed by atoms with Crippen LogP contribution in [0.15, 0.2) is 24.3 Å². The van der Waals surface area contributed by atoms with Crippen LogP contribution in [0, 0.1) is 0 Å². The van der Waals surface area contributed by atoms with E-state index >= 15 is 0 Å². The molecule has 0 radical (unpaired) electrons. The summed E-state index contributed by atoms with van der Waals surface area (Å²) in [7, 11) is 0. The first-order valence-electron chi connectivity index (χ1n) is 5.58. The second kappa shape index (κ2) is 4.64. The quantitative estimate of drug-likeness (QED) is 0.760. The van der Waals surface area contributed by atoms with Crippen molar-refractivity contribution in [2.75, 3.05) is 31.1 Å². The van der Waals surface area contributed by atoms with Crippen LogP contribution in [0.3, 0.4) is 0 Å². The van der Waals surface area contributed by atoms with E-state index in [0.717, 1.165) is 26.2 Å². The van der Waals surface area contributed by atoms with Gasteiger partial charge in [0.05, 0.1) is 0 Å². The summed E-state index contributed by atoms with van der Waals surface area (Å²) >= 11 is 0. The third-order valence-corrected chi connectivity index (χ3v) is 2.90. The maximum Gasteiger partial charge on any atom is 0.0367 e. The average molecular weight is 205 g/mol. The molecular formula is C12H19N3. The summed E-state index contributed by atoms with van der Waals surface area (Å²) in [4.78, 5) is 2.40. The molecule has 0 amide bonds. The van der Waals surface area contributed by atoms with E-state index in [0.29, 0.717) is 0 Å². The first kappa shape index (κ1) is 10.5. The van der Waals surface area contributed by atoms with Gasteiger partial charge in [0.15, 0.2) is 0 Å². The molecule has 1 aliphatic rings. The number of anilines is 1. The van der Waals surface area contributed by atoms with Gasteiger partial charge in [-0.2, -0.15) is 0 Å². The minimum atomic E-state index is 0.127. The lowest BCUT2D eigenvalue weighted by Crippen LogP contribution is -2.43. The SMILES string of the molecule is C[C@H](N)c1ccc(N2CCNCC2)cc1. The largest absolute Gasteiger partial charge is 0.369 e. The average Bonchev–Trinajstić information content (AvgIpc) is 2.30. The van der Waals surface area contributed by atoms with Crippen LogP contribution in [0.2, 0.25) is 0 Å². The first-order chi connectivity index (χ1) is 7.27. The zero-order chi connectivity index (χ0) is 10.7. The molecule has 1 aliphatic heterocycles. The number of nitrogens with zero attached hydrogens (tertiary/aromatic N) is 1. The Kier molecular flexibility index (Phi) is 3.23. The van der Waals surface area contributed by atoms with Gasteiger partial charge in [0.2, 0.25) is 0 Å². The summed E-state index contributed by atoms with van der Waals surface area (Å²) in [6.45, 7) is 6.36. The van der Waals surface area contributed by atoms with Crippen molar-refractivity contribution >= 4 is 5.69 Å². The standard InChI is InChI=1S/C12H19N3/c1-10(13)11-2-4-12(5-3-11)15-8-6-14-7-9-15/h2-5,10,14H,6-9,13H2,1H3/t10-/m0/s1. The predicted octanol–water partition coefficient (Wildman–Crippen LogP) is 1.12. The fourth-order valence-corrected chi connectivity index (χ4v) is 1.91. The van der Waals surface area contributed by atoms with Crippen molar-refractivity contribution in [1.82, 2.24) is 5.32 Å². The van der Waals surface area contributed by atoms with Gasteiger partial charge in [-0.25, -0.2) is 0 Å². The maximum absolute atomic E-state index is 5.82. The summed E-state index contributed by atoms with van der Waals surface area (Å²) in [5.41, 5.74) is 8.33. The Morgan fingerprint density at radius 2 is 1.80 bits per heavy atom. The Balaban J connectivity index is 2.08. The molecule has 82 valence electrons. The van der Waals surface area contributed by atoms with E-state index in [2.05, 4.69) is 34.5 Å². The van der Waals surface area contributed by atoms with Gasteiger partial charge in [0.1, 0.15) is 0 Å². The highest BCUT2D eigenvalue weighted by Crippen LogP contribution is 2.18. The minimum Gasteiger partial charge on any atom is -0.369 e. The summed E-state index contributed by atoms with van der Waals surface area (Å²) in [6, 6.07) is 8.72. The molecule has 0 unspecified atom stereocenters. The lowest BCUT2D eigenvalue weighted by molar-refractivity contribution is 0.589. The molecule has 2 rings (SSSR count). The first-order valence-corrected chi connectivity index (χ1v) is 5.58. The van der Waals surface area contributed by atoms with Gasteiger partial charge in [-0.1, -0.05) is 12.1 Å². The van der Waals surface area contributed by atoms with E-state index in [1.54, 1.807) is 0 Å². The van der Waals surface area contributed by atoms with Crippen molar-refractivity contribution in [3.63, 3.8) is 0 Å². The van der Waals surface area contributed by atoms with Crippen molar-refractivity contribution in [3.05, 3.63) is 29.8 Å². The Bertz CT molecular complexity index is 299. The number of hydrogen-bond acceptors (Lipinski definition) is 3. The van der Waals surface area contributed by atoms with Crippen molar-refractivity contribution in [2.24, 2.45) is 5.73 Å². The van der Waals surface area contributed by atoms with Gasteiger partial charge in [0.25, 0.3) is 0 Å². The van der Waals surface area contributed by atoms with E-state index in [4.69, 9.17) is 5.73 Å². The molecule has 0 aromatic heterocycles. The second-order valence-electron chi connectivity index (χ2n) is 4.12.